The molecule has 2 amide bonds. The van der Waals surface area contributed by atoms with E-state index < -0.39 is 0 Å². The molecule has 7 heteroatoms. The summed E-state index contributed by atoms with van der Waals surface area (Å²) in [6, 6.07) is 1.75. The summed E-state index contributed by atoms with van der Waals surface area (Å²) < 4.78 is 10.6. The van der Waals surface area contributed by atoms with Gasteiger partial charge in [-0.2, -0.15) is 0 Å². The quantitative estimate of drug-likeness (QED) is 0.855. The van der Waals surface area contributed by atoms with Gasteiger partial charge in [0.2, 0.25) is 11.8 Å². The van der Waals surface area contributed by atoms with Gasteiger partial charge in [-0.25, -0.2) is 0 Å². The molecule has 1 saturated heterocycles. The van der Waals surface area contributed by atoms with Gasteiger partial charge in [0, 0.05) is 33.1 Å². The van der Waals surface area contributed by atoms with E-state index in [0.717, 1.165) is 25.1 Å². The average molecular weight is 323 g/mol. The van der Waals surface area contributed by atoms with Crippen LogP contribution < -0.4 is 5.32 Å². The van der Waals surface area contributed by atoms with Crippen molar-refractivity contribution in [1.82, 2.24) is 15.4 Å². The number of amides is 2. The fourth-order valence-electron chi connectivity index (χ4n) is 3.08. The molecular formula is C16H25N3O4. The predicted octanol–water partition coefficient (Wildman–Crippen LogP) is 1.41. The summed E-state index contributed by atoms with van der Waals surface area (Å²) in [6.07, 6.45) is 2.80. The minimum Gasteiger partial charge on any atom is -0.379 e. The Labute approximate surface area is 136 Å². The van der Waals surface area contributed by atoms with Crippen LogP contribution in [0.5, 0.6) is 0 Å². The molecule has 1 fully saturated rings. The van der Waals surface area contributed by atoms with Crippen LogP contribution in [0.25, 0.3) is 0 Å². The zero-order valence-corrected chi connectivity index (χ0v) is 14.0. The molecule has 0 aromatic carbocycles. The number of nitrogens with zero attached hydrogens (tertiary/aromatic N) is 2. The molecule has 1 aliphatic rings. The van der Waals surface area contributed by atoms with E-state index in [-0.39, 0.29) is 24.0 Å². The molecule has 23 heavy (non-hydrogen) atoms. The van der Waals surface area contributed by atoms with E-state index in [4.69, 9.17) is 9.26 Å². The van der Waals surface area contributed by atoms with Gasteiger partial charge in [-0.1, -0.05) is 5.16 Å². The fraction of sp³-hybridized carbons (Fsp3) is 0.688. The molecule has 0 unspecified atom stereocenters. The van der Waals surface area contributed by atoms with Crippen molar-refractivity contribution in [2.24, 2.45) is 0 Å². The van der Waals surface area contributed by atoms with Crippen LogP contribution in [0.15, 0.2) is 10.6 Å². The van der Waals surface area contributed by atoms with Crippen molar-refractivity contribution >= 4 is 11.8 Å². The van der Waals surface area contributed by atoms with Crippen molar-refractivity contribution < 1.29 is 18.8 Å². The number of piperidine rings is 1. The summed E-state index contributed by atoms with van der Waals surface area (Å²) in [7, 11) is 1.66. The molecule has 1 aromatic heterocycles. The van der Waals surface area contributed by atoms with Crippen molar-refractivity contribution in [3.05, 3.63) is 17.5 Å². The summed E-state index contributed by atoms with van der Waals surface area (Å²) in [5, 5.41) is 6.59. The van der Waals surface area contributed by atoms with Crippen LogP contribution in [0.2, 0.25) is 0 Å². The number of likely N-dealkylation sites (tertiary alicyclic amines) is 1. The molecule has 1 N–H and O–H groups in total. The standard InChI is InChI=1S/C16H25N3O4/c1-11-9-13(23-18-11)10-17-16(21)7-6-14-15(22-3)5-4-8-19(14)12(2)20/h9,14-15H,4-8,10H2,1-3H3,(H,17,21)/t14-,15-/m0/s1. The lowest BCUT2D eigenvalue weighted by Crippen LogP contribution is -2.51. The number of hydrogen-bond acceptors (Lipinski definition) is 5. The van der Waals surface area contributed by atoms with Crippen LogP contribution in [-0.2, 0) is 20.9 Å². The zero-order chi connectivity index (χ0) is 16.8. The maximum Gasteiger partial charge on any atom is 0.220 e. The molecule has 2 rings (SSSR count). The number of aryl methyl sites for hydroxylation is 1. The number of ether oxygens (including phenoxy) is 1. The van der Waals surface area contributed by atoms with Crippen molar-refractivity contribution in [3.63, 3.8) is 0 Å². The smallest absolute Gasteiger partial charge is 0.220 e. The highest BCUT2D eigenvalue weighted by atomic mass is 16.5. The SMILES string of the molecule is CO[C@H]1CCCN(C(C)=O)[C@H]1CCC(=O)NCc1cc(C)no1. The van der Waals surface area contributed by atoms with Crippen molar-refractivity contribution in [3.8, 4) is 0 Å². The summed E-state index contributed by atoms with van der Waals surface area (Å²) in [5.74, 6) is 0.603. The Morgan fingerprint density at radius 3 is 2.91 bits per heavy atom. The highest BCUT2D eigenvalue weighted by Crippen LogP contribution is 2.23. The first kappa shape index (κ1) is 17.5. The molecular weight excluding hydrogens is 298 g/mol. The lowest BCUT2D eigenvalue weighted by molar-refractivity contribution is -0.138. The molecule has 1 aliphatic heterocycles. The maximum absolute atomic E-state index is 12.0. The van der Waals surface area contributed by atoms with Gasteiger partial charge < -0.3 is 19.5 Å². The van der Waals surface area contributed by atoms with Crippen LogP contribution in [0.4, 0.5) is 0 Å². The van der Waals surface area contributed by atoms with Gasteiger partial charge in [0.25, 0.3) is 0 Å². The first-order valence-electron chi connectivity index (χ1n) is 8.00. The molecule has 2 heterocycles. The van der Waals surface area contributed by atoms with E-state index >= 15 is 0 Å². The largest absolute Gasteiger partial charge is 0.379 e. The minimum absolute atomic E-state index is 0.00243. The second-order valence-corrected chi connectivity index (χ2v) is 5.95. The van der Waals surface area contributed by atoms with Crippen LogP contribution >= 0.6 is 0 Å². The zero-order valence-electron chi connectivity index (χ0n) is 14.0. The average Bonchev–Trinajstić information content (AvgIpc) is 2.95. The number of methoxy groups -OCH3 is 1. The number of carbonyl (C=O) groups excluding carboxylic acids is 2. The normalized spacial score (nSPS) is 21.3. The second-order valence-electron chi connectivity index (χ2n) is 5.95. The highest BCUT2D eigenvalue weighted by molar-refractivity contribution is 5.76. The number of hydrogen-bond donors (Lipinski definition) is 1. The Morgan fingerprint density at radius 1 is 1.52 bits per heavy atom. The van der Waals surface area contributed by atoms with E-state index in [1.165, 1.54) is 0 Å². The summed E-state index contributed by atoms with van der Waals surface area (Å²) >= 11 is 0. The van der Waals surface area contributed by atoms with Crippen LogP contribution in [0, 0.1) is 6.92 Å². The van der Waals surface area contributed by atoms with E-state index in [1.54, 1.807) is 20.1 Å². The number of aromatic nitrogens is 1. The Balaban J connectivity index is 1.83. The number of carbonyl (C=O) groups is 2. The van der Waals surface area contributed by atoms with Crippen molar-refractivity contribution in [2.45, 2.75) is 58.2 Å². The molecule has 128 valence electrons. The minimum atomic E-state index is -0.0667. The van der Waals surface area contributed by atoms with Gasteiger partial charge >= 0.3 is 0 Å². The van der Waals surface area contributed by atoms with Gasteiger partial charge in [0.15, 0.2) is 5.76 Å². The Kier molecular flexibility index (Phi) is 6.15. The van der Waals surface area contributed by atoms with Crippen LogP contribution in [-0.4, -0.2) is 47.7 Å². The van der Waals surface area contributed by atoms with Crippen molar-refractivity contribution in [2.75, 3.05) is 13.7 Å². The number of nitrogens with one attached hydrogen (secondary N) is 1. The van der Waals surface area contributed by atoms with Gasteiger partial charge in [0.1, 0.15) is 0 Å². The molecule has 0 saturated carbocycles. The lowest BCUT2D eigenvalue weighted by Gasteiger charge is -2.40. The topological polar surface area (TPSA) is 84.7 Å². The van der Waals surface area contributed by atoms with E-state index in [9.17, 15) is 9.59 Å². The first-order chi connectivity index (χ1) is 11.0. The Morgan fingerprint density at radius 2 is 2.30 bits per heavy atom. The molecule has 1 aromatic rings. The maximum atomic E-state index is 12.0. The highest BCUT2D eigenvalue weighted by Gasteiger charge is 2.33. The third-order valence-corrected chi connectivity index (χ3v) is 4.23. The van der Waals surface area contributed by atoms with Crippen LogP contribution in [0.3, 0.4) is 0 Å². The van der Waals surface area contributed by atoms with Gasteiger partial charge in [-0.3, -0.25) is 9.59 Å². The monoisotopic (exact) mass is 323 g/mol. The Bertz CT molecular complexity index is 543. The van der Waals surface area contributed by atoms with Gasteiger partial charge in [-0.15, -0.1) is 0 Å². The molecule has 0 bridgehead atoms. The van der Waals surface area contributed by atoms with Crippen molar-refractivity contribution in [1.29, 1.82) is 0 Å². The van der Waals surface area contributed by atoms with E-state index in [0.29, 0.717) is 25.1 Å². The molecule has 0 spiro atoms. The molecule has 0 radical (unpaired) electrons. The lowest BCUT2D eigenvalue weighted by atomic mass is 9.94. The predicted molar refractivity (Wildman–Crippen MR) is 83.5 cm³/mol. The Hall–Kier alpha value is -1.89. The molecule has 7 nitrogen and oxygen atoms in total. The summed E-state index contributed by atoms with van der Waals surface area (Å²) in [5.41, 5.74) is 0.788. The van der Waals surface area contributed by atoms with Gasteiger partial charge in [0.05, 0.1) is 24.4 Å². The number of rotatable bonds is 6. The first-order valence-corrected chi connectivity index (χ1v) is 8.00. The summed E-state index contributed by atoms with van der Waals surface area (Å²) in [4.78, 5) is 25.6. The third kappa shape index (κ3) is 4.79. The third-order valence-electron chi connectivity index (χ3n) is 4.23. The van der Waals surface area contributed by atoms with E-state index in [2.05, 4.69) is 10.5 Å². The molecule has 2 atom stereocenters. The summed E-state index contributed by atoms with van der Waals surface area (Å²) in [6.45, 7) is 4.46. The van der Waals surface area contributed by atoms with Crippen LogP contribution in [0.1, 0.15) is 44.1 Å². The van der Waals surface area contributed by atoms with Gasteiger partial charge in [-0.05, 0) is 26.2 Å². The fourth-order valence-corrected chi connectivity index (χ4v) is 3.08. The van der Waals surface area contributed by atoms with E-state index in [1.807, 2.05) is 11.8 Å². The molecule has 0 aliphatic carbocycles. The second kappa shape index (κ2) is 8.10.